The molecule has 0 aromatic heterocycles. The van der Waals surface area contributed by atoms with E-state index in [0.29, 0.717) is 5.92 Å². The monoisotopic (exact) mass is 234 g/mol. The van der Waals surface area contributed by atoms with Crippen molar-refractivity contribution in [3.05, 3.63) is 42.0 Å². The van der Waals surface area contributed by atoms with Crippen LogP contribution in [0.5, 0.6) is 0 Å². The SMILES string of the molecule is C=C(C)CCOCC1CSc2ccccc21. The lowest BCUT2D eigenvalue weighted by molar-refractivity contribution is 0.127. The molecular formula is C14H18OS. The first-order chi connectivity index (χ1) is 7.77. The van der Waals surface area contributed by atoms with Gasteiger partial charge in [-0.2, -0.15) is 0 Å². The van der Waals surface area contributed by atoms with Crippen LogP contribution in [0.25, 0.3) is 0 Å². The lowest BCUT2D eigenvalue weighted by atomic mass is 10.0. The maximum Gasteiger partial charge on any atom is 0.0543 e. The number of hydrogen-bond donors (Lipinski definition) is 0. The molecule has 0 N–H and O–H groups in total. The van der Waals surface area contributed by atoms with Gasteiger partial charge >= 0.3 is 0 Å². The van der Waals surface area contributed by atoms with Gasteiger partial charge in [-0.15, -0.1) is 18.3 Å². The van der Waals surface area contributed by atoms with Crippen LogP contribution in [-0.4, -0.2) is 19.0 Å². The van der Waals surface area contributed by atoms with E-state index in [4.69, 9.17) is 4.74 Å². The quantitative estimate of drug-likeness (QED) is 0.565. The van der Waals surface area contributed by atoms with Gasteiger partial charge in [0.15, 0.2) is 0 Å². The van der Waals surface area contributed by atoms with E-state index in [-0.39, 0.29) is 0 Å². The smallest absolute Gasteiger partial charge is 0.0543 e. The van der Waals surface area contributed by atoms with Crippen LogP contribution in [0.3, 0.4) is 0 Å². The van der Waals surface area contributed by atoms with Crippen LogP contribution in [0.4, 0.5) is 0 Å². The summed E-state index contributed by atoms with van der Waals surface area (Å²) in [6, 6.07) is 8.65. The van der Waals surface area contributed by atoms with E-state index in [1.165, 1.54) is 16.0 Å². The van der Waals surface area contributed by atoms with Gasteiger partial charge in [0.05, 0.1) is 13.2 Å². The van der Waals surface area contributed by atoms with E-state index in [1.54, 1.807) is 0 Å². The molecule has 86 valence electrons. The van der Waals surface area contributed by atoms with Crippen molar-refractivity contribution in [2.24, 2.45) is 0 Å². The highest BCUT2D eigenvalue weighted by Gasteiger charge is 2.22. The fourth-order valence-corrected chi connectivity index (χ4v) is 3.07. The number of ether oxygens (including phenoxy) is 1. The van der Waals surface area contributed by atoms with Crippen molar-refractivity contribution in [2.45, 2.75) is 24.2 Å². The Kier molecular flexibility index (Phi) is 4.08. The van der Waals surface area contributed by atoms with Crippen molar-refractivity contribution in [3.8, 4) is 0 Å². The van der Waals surface area contributed by atoms with Crippen molar-refractivity contribution in [1.82, 2.24) is 0 Å². The molecule has 0 fully saturated rings. The van der Waals surface area contributed by atoms with Gasteiger partial charge < -0.3 is 4.74 Å². The predicted molar refractivity (Wildman–Crippen MR) is 70.2 cm³/mol. The molecule has 1 aliphatic rings. The second-order valence-electron chi connectivity index (χ2n) is 4.33. The van der Waals surface area contributed by atoms with Crippen LogP contribution in [-0.2, 0) is 4.74 Å². The molecular weight excluding hydrogens is 216 g/mol. The standard InChI is InChI=1S/C14H18OS/c1-11(2)7-8-15-9-12-10-16-14-6-4-3-5-13(12)14/h3-6,12H,1,7-10H2,2H3. The van der Waals surface area contributed by atoms with Crippen LogP contribution in [0.15, 0.2) is 41.3 Å². The Morgan fingerprint density at radius 1 is 1.50 bits per heavy atom. The van der Waals surface area contributed by atoms with Crippen LogP contribution in [0, 0.1) is 0 Å². The van der Waals surface area contributed by atoms with Crippen molar-refractivity contribution in [3.63, 3.8) is 0 Å². The molecule has 1 atom stereocenters. The molecule has 0 saturated carbocycles. The Bertz CT molecular complexity index is 373. The van der Waals surface area contributed by atoms with Gasteiger partial charge in [-0.25, -0.2) is 0 Å². The molecule has 1 aromatic rings. The number of thioether (sulfide) groups is 1. The third-order valence-corrected chi connectivity index (χ3v) is 4.04. The summed E-state index contributed by atoms with van der Waals surface area (Å²) in [6.07, 6.45) is 0.974. The second kappa shape index (κ2) is 5.55. The fourth-order valence-electron chi connectivity index (χ4n) is 1.84. The summed E-state index contributed by atoms with van der Waals surface area (Å²) in [4.78, 5) is 1.43. The number of hydrogen-bond acceptors (Lipinski definition) is 2. The first kappa shape index (κ1) is 11.7. The Labute approximate surface area is 102 Å². The zero-order valence-electron chi connectivity index (χ0n) is 9.74. The maximum absolute atomic E-state index is 5.71. The van der Waals surface area contributed by atoms with E-state index in [1.807, 2.05) is 18.7 Å². The first-order valence-corrected chi connectivity index (χ1v) is 6.70. The molecule has 0 aliphatic carbocycles. The highest BCUT2D eigenvalue weighted by molar-refractivity contribution is 7.99. The first-order valence-electron chi connectivity index (χ1n) is 5.71. The molecule has 1 aromatic carbocycles. The maximum atomic E-state index is 5.71. The second-order valence-corrected chi connectivity index (χ2v) is 5.39. The molecule has 0 amide bonds. The summed E-state index contributed by atoms with van der Waals surface area (Å²) < 4.78 is 5.71. The number of rotatable bonds is 5. The average molecular weight is 234 g/mol. The van der Waals surface area contributed by atoms with Crippen molar-refractivity contribution >= 4 is 11.8 Å². The van der Waals surface area contributed by atoms with E-state index in [9.17, 15) is 0 Å². The minimum Gasteiger partial charge on any atom is -0.380 e. The van der Waals surface area contributed by atoms with Gasteiger partial charge in [0.25, 0.3) is 0 Å². The molecule has 0 radical (unpaired) electrons. The van der Waals surface area contributed by atoms with Crippen molar-refractivity contribution < 1.29 is 4.74 Å². The summed E-state index contributed by atoms with van der Waals surface area (Å²) in [5, 5.41) is 0. The molecule has 0 bridgehead atoms. The van der Waals surface area contributed by atoms with Gasteiger partial charge in [-0.05, 0) is 25.0 Å². The minimum absolute atomic E-state index is 0.575. The summed E-state index contributed by atoms with van der Waals surface area (Å²) in [7, 11) is 0. The highest BCUT2D eigenvalue weighted by atomic mass is 32.2. The summed E-state index contributed by atoms with van der Waals surface area (Å²) in [5.74, 6) is 1.73. The lowest BCUT2D eigenvalue weighted by Gasteiger charge is -2.11. The minimum atomic E-state index is 0.575. The molecule has 1 nitrogen and oxygen atoms in total. The van der Waals surface area contributed by atoms with Gasteiger partial charge in [0.2, 0.25) is 0 Å². The normalized spacial score (nSPS) is 18.4. The lowest BCUT2D eigenvalue weighted by Crippen LogP contribution is -2.08. The molecule has 1 heterocycles. The number of benzene rings is 1. The van der Waals surface area contributed by atoms with E-state index >= 15 is 0 Å². The number of fused-ring (bicyclic) bond motifs is 1. The van der Waals surface area contributed by atoms with E-state index < -0.39 is 0 Å². The molecule has 16 heavy (non-hydrogen) atoms. The predicted octanol–water partition coefficient (Wildman–Crippen LogP) is 3.86. The highest BCUT2D eigenvalue weighted by Crippen LogP contribution is 2.39. The molecule has 0 spiro atoms. The Morgan fingerprint density at radius 2 is 2.31 bits per heavy atom. The third kappa shape index (κ3) is 2.89. The van der Waals surface area contributed by atoms with E-state index in [2.05, 4.69) is 30.8 Å². The summed E-state index contributed by atoms with van der Waals surface area (Å²) in [6.45, 7) is 7.57. The summed E-state index contributed by atoms with van der Waals surface area (Å²) in [5.41, 5.74) is 2.66. The molecule has 0 saturated heterocycles. The topological polar surface area (TPSA) is 9.23 Å². The molecule has 1 aliphatic heterocycles. The zero-order valence-corrected chi connectivity index (χ0v) is 10.6. The largest absolute Gasteiger partial charge is 0.380 e. The third-order valence-electron chi connectivity index (χ3n) is 2.79. The van der Waals surface area contributed by atoms with Crippen LogP contribution >= 0.6 is 11.8 Å². The van der Waals surface area contributed by atoms with Gasteiger partial charge in [-0.1, -0.05) is 23.8 Å². The van der Waals surface area contributed by atoms with Crippen LogP contribution < -0.4 is 0 Å². The molecule has 1 unspecified atom stereocenters. The zero-order chi connectivity index (χ0) is 11.4. The Morgan fingerprint density at radius 3 is 3.12 bits per heavy atom. The Hall–Kier alpha value is -0.730. The van der Waals surface area contributed by atoms with Crippen molar-refractivity contribution in [1.29, 1.82) is 0 Å². The van der Waals surface area contributed by atoms with Gasteiger partial charge in [0, 0.05) is 16.6 Å². The van der Waals surface area contributed by atoms with Crippen molar-refractivity contribution in [2.75, 3.05) is 19.0 Å². The molecule has 2 rings (SSSR count). The molecule has 2 heteroatoms. The average Bonchev–Trinajstić information content (AvgIpc) is 2.68. The Balaban J connectivity index is 1.82. The fraction of sp³-hybridized carbons (Fsp3) is 0.429. The van der Waals surface area contributed by atoms with Crippen LogP contribution in [0.1, 0.15) is 24.8 Å². The van der Waals surface area contributed by atoms with Crippen LogP contribution in [0.2, 0.25) is 0 Å². The van der Waals surface area contributed by atoms with E-state index in [0.717, 1.165) is 25.4 Å². The summed E-state index contributed by atoms with van der Waals surface area (Å²) >= 11 is 1.94. The van der Waals surface area contributed by atoms with Gasteiger partial charge in [-0.3, -0.25) is 0 Å². The van der Waals surface area contributed by atoms with Gasteiger partial charge in [0.1, 0.15) is 0 Å².